The Hall–Kier alpha value is -1.23. The molecule has 0 bridgehead atoms. The number of nitrogens with one attached hydrogen (secondary N) is 1. The molecule has 3 N–H and O–H groups in total. The maximum Gasteiger partial charge on any atom is 0.254 e. The molecule has 1 fully saturated rings. The van der Waals surface area contributed by atoms with Crippen LogP contribution in [0.25, 0.3) is 0 Å². The number of halogens is 1. The summed E-state index contributed by atoms with van der Waals surface area (Å²) in [7, 11) is 3.63. The molecule has 1 aromatic carbocycles. The summed E-state index contributed by atoms with van der Waals surface area (Å²) < 4.78 is 1.08. The van der Waals surface area contributed by atoms with Crippen molar-refractivity contribution in [3.05, 3.63) is 33.4 Å². The number of carbonyl (C=O) groups excluding carboxylic acids is 2. The molecule has 0 saturated carbocycles. The summed E-state index contributed by atoms with van der Waals surface area (Å²) in [6.07, 6.45) is -1.95. The van der Waals surface area contributed by atoms with E-state index in [2.05, 4.69) is 32.8 Å². The average molecular weight is 475 g/mol. The van der Waals surface area contributed by atoms with Gasteiger partial charge in [0.25, 0.3) is 11.8 Å². The molecule has 2 rings (SSSR count). The van der Waals surface area contributed by atoms with E-state index in [1.54, 1.807) is 7.05 Å². The molecule has 1 aliphatic heterocycles. The topological polar surface area (TPSA) is 93.1 Å². The molecule has 0 radical (unpaired) electrons. The van der Waals surface area contributed by atoms with E-state index < -0.39 is 24.0 Å². The van der Waals surface area contributed by atoms with Gasteiger partial charge in [0.1, 0.15) is 0 Å². The lowest BCUT2D eigenvalue weighted by Crippen LogP contribution is -2.53. The summed E-state index contributed by atoms with van der Waals surface area (Å²) in [6.45, 7) is 1.97. The third kappa shape index (κ3) is 5.63. The minimum absolute atomic E-state index is 0.00963. The van der Waals surface area contributed by atoms with Crippen LogP contribution in [0.5, 0.6) is 0 Å². The second kappa shape index (κ2) is 9.63. The van der Waals surface area contributed by atoms with Gasteiger partial charge in [0, 0.05) is 23.2 Å². The van der Waals surface area contributed by atoms with Gasteiger partial charge in [-0.15, -0.1) is 0 Å². The van der Waals surface area contributed by atoms with Crippen molar-refractivity contribution >= 4 is 34.4 Å². The maximum absolute atomic E-state index is 12.4. The van der Waals surface area contributed by atoms with Gasteiger partial charge in [0.15, 0.2) is 12.2 Å². The molecule has 2 atom stereocenters. The molecule has 1 aromatic rings. The van der Waals surface area contributed by atoms with Gasteiger partial charge < -0.3 is 25.3 Å². The molecule has 2 amide bonds. The van der Waals surface area contributed by atoms with E-state index in [1.807, 2.05) is 31.3 Å². The summed E-state index contributed by atoms with van der Waals surface area (Å²) in [4.78, 5) is 28.1. The first-order valence-corrected chi connectivity index (χ1v) is 9.71. The van der Waals surface area contributed by atoms with Gasteiger partial charge in [-0.1, -0.05) is 12.1 Å². The summed E-state index contributed by atoms with van der Waals surface area (Å²) in [5.41, 5.74) is 0.871. The van der Waals surface area contributed by atoms with Crippen LogP contribution in [0.4, 0.5) is 0 Å². The van der Waals surface area contributed by atoms with E-state index in [4.69, 9.17) is 0 Å². The second-order valence-corrected chi connectivity index (χ2v) is 7.96. The number of benzene rings is 1. The van der Waals surface area contributed by atoms with Crippen LogP contribution >= 0.6 is 22.6 Å². The van der Waals surface area contributed by atoms with E-state index in [1.165, 1.54) is 4.90 Å². The molecule has 144 valence electrons. The van der Waals surface area contributed by atoms with E-state index >= 15 is 0 Å². The fourth-order valence-corrected chi connectivity index (χ4v) is 3.30. The Morgan fingerprint density at radius 1 is 1.23 bits per heavy atom. The van der Waals surface area contributed by atoms with Crippen LogP contribution in [0.3, 0.4) is 0 Å². The van der Waals surface area contributed by atoms with Crippen molar-refractivity contribution in [2.24, 2.45) is 0 Å². The number of likely N-dealkylation sites (N-methyl/N-ethyl adjacent to an activating group) is 1. The Labute approximate surface area is 167 Å². The van der Waals surface area contributed by atoms with E-state index in [-0.39, 0.29) is 12.6 Å². The van der Waals surface area contributed by atoms with Crippen molar-refractivity contribution in [2.75, 3.05) is 27.2 Å². The summed E-state index contributed by atoms with van der Waals surface area (Å²) in [5.74, 6) is -1.39. The SMILES string of the molecule is CN1CCC(N(C)C(=O)[C@@H](O)[C@H](O)C(=O)NCc2ccc(I)cc2)CC1. The molecule has 0 spiro atoms. The van der Waals surface area contributed by atoms with Gasteiger partial charge in [-0.3, -0.25) is 9.59 Å². The largest absolute Gasteiger partial charge is 0.380 e. The summed E-state index contributed by atoms with van der Waals surface area (Å²) in [5, 5.41) is 22.7. The van der Waals surface area contributed by atoms with Crippen molar-refractivity contribution in [2.45, 2.75) is 37.6 Å². The molecule has 1 heterocycles. The number of carbonyl (C=O) groups is 2. The number of aliphatic hydroxyl groups excluding tert-OH is 2. The zero-order valence-electron chi connectivity index (χ0n) is 15.1. The highest BCUT2D eigenvalue weighted by atomic mass is 127. The summed E-state index contributed by atoms with van der Waals surface area (Å²) >= 11 is 2.18. The number of rotatable bonds is 6. The first-order chi connectivity index (χ1) is 12.3. The van der Waals surface area contributed by atoms with Crippen LogP contribution in [0.15, 0.2) is 24.3 Å². The maximum atomic E-state index is 12.4. The lowest BCUT2D eigenvalue weighted by molar-refractivity contribution is -0.154. The number of aliphatic hydroxyl groups is 2. The molecule has 8 heteroatoms. The highest BCUT2D eigenvalue weighted by Gasteiger charge is 2.35. The Balaban J connectivity index is 1.86. The van der Waals surface area contributed by atoms with Crippen LogP contribution in [0, 0.1) is 3.57 Å². The molecule has 1 saturated heterocycles. The normalized spacial score (nSPS) is 18.2. The number of hydrogen-bond acceptors (Lipinski definition) is 5. The van der Waals surface area contributed by atoms with Gasteiger partial charge in [-0.25, -0.2) is 0 Å². The number of piperidine rings is 1. The van der Waals surface area contributed by atoms with Crippen LogP contribution in [-0.4, -0.2) is 77.3 Å². The average Bonchev–Trinajstić information content (AvgIpc) is 2.65. The molecular formula is C18H26IN3O4. The molecule has 0 aliphatic carbocycles. The third-order valence-electron chi connectivity index (χ3n) is 4.78. The fraction of sp³-hybridized carbons (Fsp3) is 0.556. The Morgan fingerprint density at radius 2 is 1.81 bits per heavy atom. The van der Waals surface area contributed by atoms with Crippen molar-refractivity contribution in [3.63, 3.8) is 0 Å². The van der Waals surface area contributed by atoms with Gasteiger partial charge in [0.05, 0.1) is 0 Å². The summed E-state index contributed by atoms with van der Waals surface area (Å²) in [6, 6.07) is 7.56. The standard InChI is InChI=1S/C18H26IN3O4/c1-21-9-7-14(8-10-21)22(2)18(26)16(24)15(23)17(25)20-11-12-3-5-13(19)6-4-12/h3-6,14-16,23-24H,7-11H2,1-2H3,(H,20,25)/t15-,16-/m0/s1. The van der Waals surface area contributed by atoms with Gasteiger partial charge in [-0.2, -0.15) is 0 Å². The highest BCUT2D eigenvalue weighted by Crippen LogP contribution is 2.16. The Bertz CT molecular complexity index is 617. The number of amides is 2. The van der Waals surface area contributed by atoms with Crippen LogP contribution in [0.1, 0.15) is 18.4 Å². The molecular weight excluding hydrogens is 449 g/mol. The fourth-order valence-electron chi connectivity index (χ4n) is 2.95. The van der Waals surface area contributed by atoms with E-state index in [0.29, 0.717) is 0 Å². The van der Waals surface area contributed by atoms with E-state index in [9.17, 15) is 19.8 Å². The first-order valence-electron chi connectivity index (χ1n) is 8.63. The molecule has 0 unspecified atom stereocenters. The van der Waals surface area contributed by atoms with Crippen LogP contribution in [-0.2, 0) is 16.1 Å². The van der Waals surface area contributed by atoms with Crippen molar-refractivity contribution in [1.29, 1.82) is 0 Å². The predicted molar refractivity (Wildman–Crippen MR) is 106 cm³/mol. The lowest BCUT2D eigenvalue weighted by Gasteiger charge is -2.36. The molecule has 26 heavy (non-hydrogen) atoms. The van der Waals surface area contributed by atoms with Crippen molar-refractivity contribution in [3.8, 4) is 0 Å². The Morgan fingerprint density at radius 3 is 2.38 bits per heavy atom. The zero-order chi connectivity index (χ0) is 19.3. The quantitative estimate of drug-likeness (QED) is 0.511. The van der Waals surface area contributed by atoms with Gasteiger partial charge >= 0.3 is 0 Å². The molecule has 0 aromatic heterocycles. The van der Waals surface area contributed by atoms with Crippen molar-refractivity contribution < 1.29 is 19.8 Å². The minimum Gasteiger partial charge on any atom is -0.380 e. The van der Waals surface area contributed by atoms with Gasteiger partial charge in [0.2, 0.25) is 0 Å². The molecule has 1 aliphatic rings. The third-order valence-corrected chi connectivity index (χ3v) is 5.50. The zero-order valence-corrected chi connectivity index (χ0v) is 17.2. The monoisotopic (exact) mass is 475 g/mol. The van der Waals surface area contributed by atoms with Crippen molar-refractivity contribution in [1.82, 2.24) is 15.1 Å². The second-order valence-electron chi connectivity index (χ2n) is 6.72. The van der Waals surface area contributed by atoms with Crippen LogP contribution in [0.2, 0.25) is 0 Å². The smallest absolute Gasteiger partial charge is 0.254 e. The first kappa shape index (κ1) is 21.1. The number of likely N-dealkylation sites (tertiary alicyclic amines) is 1. The Kier molecular flexibility index (Phi) is 7.81. The minimum atomic E-state index is -1.79. The number of nitrogens with zero attached hydrogens (tertiary/aromatic N) is 2. The lowest BCUT2D eigenvalue weighted by atomic mass is 10.0. The highest BCUT2D eigenvalue weighted by molar-refractivity contribution is 14.1. The molecule has 7 nitrogen and oxygen atoms in total. The predicted octanol–water partition coefficient (Wildman–Crippen LogP) is 0.182. The van der Waals surface area contributed by atoms with E-state index in [0.717, 1.165) is 35.1 Å². The number of hydrogen-bond donors (Lipinski definition) is 3. The van der Waals surface area contributed by atoms with Crippen LogP contribution < -0.4 is 5.32 Å². The van der Waals surface area contributed by atoms with Gasteiger partial charge in [-0.05, 0) is 73.3 Å².